The Labute approximate surface area is 158 Å². The molecule has 2 heterocycles. The van der Waals surface area contributed by atoms with Crippen LogP contribution in [0, 0.1) is 11.8 Å². The van der Waals surface area contributed by atoms with Crippen LogP contribution in [-0.2, 0) is 14.9 Å². The highest BCUT2D eigenvalue weighted by atomic mass is 32.2. The molecule has 2 unspecified atom stereocenters. The molecule has 0 N–H and O–H groups in total. The predicted molar refractivity (Wildman–Crippen MR) is 102 cm³/mol. The van der Waals surface area contributed by atoms with E-state index in [9.17, 15) is 13.2 Å². The van der Waals surface area contributed by atoms with Crippen LogP contribution in [0.1, 0.15) is 54.9 Å². The lowest BCUT2D eigenvalue weighted by atomic mass is 9.94. The van der Waals surface area contributed by atoms with Crippen LogP contribution >= 0.6 is 0 Å². The number of piperazine rings is 1. The highest BCUT2D eigenvalue weighted by Gasteiger charge is 2.46. The first-order valence-corrected chi connectivity index (χ1v) is 10.9. The number of carbonyl (C=O) groups excluding carboxylic acids is 1. The van der Waals surface area contributed by atoms with E-state index in [0.29, 0.717) is 38.0 Å². The van der Waals surface area contributed by atoms with E-state index < -0.39 is 21.3 Å². The first-order valence-electron chi connectivity index (χ1n) is 9.48. The lowest BCUT2D eigenvalue weighted by Gasteiger charge is -2.48. The second-order valence-corrected chi connectivity index (χ2v) is 11.4. The Kier molecular flexibility index (Phi) is 6.00. The number of amides is 1. The maximum absolute atomic E-state index is 13.3. The van der Waals surface area contributed by atoms with Gasteiger partial charge in [0.15, 0.2) is 0 Å². The Morgan fingerprint density at radius 3 is 2.08 bits per heavy atom. The average molecular weight is 390 g/mol. The molecule has 2 atom stereocenters. The monoisotopic (exact) mass is 389 g/mol. The number of ether oxygens (including phenoxy) is 1. The maximum Gasteiger partial charge on any atom is 0.410 e. The lowest BCUT2D eigenvalue weighted by molar-refractivity contribution is 0.00222. The van der Waals surface area contributed by atoms with Gasteiger partial charge in [-0.3, -0.25) is 0 Å². The molecule has 0 radical (unpaired) electrons. The molecule has 0 aliphatic carbocycles. The zero-order chi connectivity index (χ0) is 19.9. The lowest BCUT2D eigenvalue weighted by Crippen LogP contribution is -2.65. The molecule has 2 fully saturated rings. The maximum atomic E-state index is 13.3. The largest absolute Gasteiger partial charge is 0.444 e. The summed E-state index contributed by atoms with van der Waals surface area (Å²) in [6.45, 7) is 15.5. The van der Waals surface area contributed by atoms with E-state index in [1.54, 1.807) is 13.5 Å². The third kappa shape index (κ3) is 4.89. The van der Waals surface area contributed by atoms with E-state index in [1.165, 1.54) is 0 Å². The molecule has 2 rings (SSSR count). The van der Waals surface area contributed by atoms with Gasteiger partial charge >= 0.3 is 6.09 Å². The van der Waals surface area contributed by atoms with Crippen molar-refractivity contribution in [2.24, 2.45) is 11.8 Å². The molecule has 0 saturated carbocycles. The fraction of sp³-hybridized carbons (Fsp3) is 0.944. The summed E-state index contributed by atoms with van der Waals surface area (Å²) in [7, 11) is -3.55. The number of nitrogens with zero attached hydrogens (tertiary/aromatic N) is 3. The molecule has 0 aromatic rings. The molecule has 0 spiro atoms. The van der Waals surface area contributed by atoms with Crippen LogP contribution in [0.25, 0.3) is 0 Å². The minimum absolute atomic E-state index is 0.286. The SMILES string of the molecule is CC1CC(C)CN(S(=O)(=O)N2CCN(C(=O)OC(C)(C)C)CC2(C)C)C1. The van der Waals surface area contributed by atoms with Crippen molar-refractivity contribution in [3.63, 3.8) is 0 Å². The fourth-order valence-electron chi connectivity index (χ4n) is 3.98. The summed E-state index contributed by atoms with van der Waals surface area (Å²) in [6, 6.07) is 0. The fourth-order valence-corrected chi connectivity index (χ4v) is 6.14. The molecule has 8 heteroatoms. The summed E-state index contributed by atoms with van der Waals surface area (Å²) in [5.74, 6) is 0.722. The molecular formula is C18H35N3O4S. The second-order valence-electron chi connectivity index (χ2n) is 9.56. The standard InChI is InChI=1S/C18H35N3O4S/c1-14-10-15(2)12-20(11-14)26(23,24)21-9-8-19(13-18(21,6)7)16(22)25-17(3,4)5/h14-15H,8-13H2,1-7H3. The van der Waals surface area contributed by atoms with Crippen molar-refractivity contribution < 1.29 is 17.9 Å². The van der Waals surface area contributed by atoms with Gasteiger partial charge in [0.2, 0.25) is 0 Å². The van der Waals surface area contributed by atoms with Crippen molar-refractivity contribution in [3.8, 4) is 0 Å². The van der Waals surface area contributed by atoms with Crippen molar-refractivity contribution in [2.75, 3.05) is 32.7 Å². The molecule has 2 saturated heterocycles. The summed E-state index contributed by atoms with van der Waals surface area (Å²) in [5, 5.41) is 0. The van der Waals surface area contributed by atoms with Gasteiger partial charge in [-0.2, -0.15) is 17.0 Å². The summed E-state index contributed by atoms with van der Waals surface area (Å²) in [6.07, 6.45) is 0.671. The topological polar surface area (TPSA) is 70.2 Å². The van der Waals surface area contributed by atoms with Crippen LogP contribution < -0.4 is 0 Å². The normalized spacial score (nSPS) is 28.8. The van der Waals surface area contributed by atoms with E-state index in [1.807, 2.05) is 34.6 Å². The summed E-state index contributed by atoms with van der Waals surface area (Å²) >= 11 is 0. The van der Waals surface area contributed by atoms with Gasteiger partial charge in [0.05, 0.1) is 0 Å². The second kappa shape index (κ2) is 7.28. The molecule has 2 aliphatic rings. The molecule has 152 valence electrons. The Balaban J connectivity index is 2.13. The number of hydrogen-bond acceptors (Lipinski definition) is 4. The highest BCUT2D eigenvalue weighted by molar-refractivity contribution is 7.86. The van der Waals surface area contributed by atoms with Gasteiger partial charge in [0, 0.05) is 38.3 Å². The van der Waals surface area contributed by atoms with Crippen molar-refractivity contribution in [1.82, 2.24) is 13.5 Å². The smallest absolute Gasteiger partial charge is 0.410 e. The van der Waals surface area contributed by atoms with E-state index >= 15 is 0 Å². The predicted octanol–water partition coefficient (Wildman–Crippen LogP) is 2.54. The van der Waals surface area contributed by atoms with Crippen molar-refractivity contribution in [1.29, 1.82) is 0 Å². The third-order valence-electron chi connectivity index (χ3n) is 4.92. The number of rotatable bonds is 2. The average Bonchev–Trinajstić information content (AvgIpc) is 2.42. The zero-order valence-corrected chi connectivity index (χ0v) is 18.1. The molecule has 2 aliphatic heterocycles. The quantitative estimate of drug-likeness (QED) is 0.728. The minimum Gasteiger partial charge on any atom is -0.444 e. The van der Waals surface area contributed by atoms with Gasteiger partial charge in [0.1, 0.15) is 5.60 Å². The first-order chi connectivity index (χ1) is 11.7. The van der Waals surface area contributed by atoms with Crippen molar-refractivity contribution in [3.05, 3.63) is 0 Å². The van der Waals surface area contributed by atoms with Crippen molar-refractivity contribution >= 4 is 16.3 Å². The zero-order valence-electron chi connectivity index (χ0n) is 17.3. The summed E-state index contributed by atoms with van der Waals surface area (Å²) < 4.78 is 35.2. The van der Waals surface area contributed by atoms with Crippen LogP contribution in [0.5, 0.6) is 0 Å². The van der Waals surface area contributed by atoms with Crippen LogP contribution in [0.3, 0.4) is 0 Å². The molecule has 7 nitrogen and oxygen atoms in total. The Hall–Kier alpha value is -0.860. The Bertz CT molecular complexity index is 617. The number of hydrogen-bond donors (Lipinski definition) is 0. The molecule has 0 aromatic heterocycles. The number of piperidine rings is 1. The molecule has 0 bridgehead atoms. The molecule has 26 heavy (non-hydrogen) atoms. The van der Waals surface area contributed by atoms with Crippen LogP contribution in [-0.4, -0.2) is 71.9 Å². The van der Waals surface area contributed by atoms with Gasteiger partial charge in [-0.05, 0) is 52.9 Å². The van der Waals surface area contributed by atoms with E-state index in [2.05, 4.69) is 13.8 Å². The van der Waals surface area contributed by atoms with E-state index in [4.69, 9.17) is 4.74 Å². The molecular weight excluding hydrogens is 354 g/mol. The summed E-state index contributed by atoms with van der Waals surface area (Å²) in [5.41, 5.74) is -1.25. The van der Waals surface area contributed by atoms with Gasteiger partial charge in [0.25, 0.3) is 10.2 Å². The molecule has 1 amide bonds. The Morgan fingerprint density at radius 1 is 1.08 bits per heavy atom. The van der Waals surface area contributed by atoms with Gasteiger partial charge < -0.3 is 9.64 Å². The van der Waals surface area contributed by atoms with E-state index in [-0.39, 0.29) is 12.6 Å². The van der Waals surface area contributed by atoms with Crippen LogP contribution in [0.2, 0.25) is 0 Å². The van der Waals surface area contributed by atoms with Gasteiger partial charge in [-0.25, -0.2) is 4.79 Å². The summed E-state index contributed by atoms with van der Waals surface area (Å²) in [4.78, 5) is 14.0. The Morgan fingerprint density at radius 2 is 1.62 bits per heavy atom. The van der Waals surface area contributed by atoms with Crippen LogP contribution in [0.4, 0.5) is 4.79 Å². The van der Waals surface area contributed by atoms with Gasteiger partial charge in [-0.15, -0.1) is 0 Å². The van der Waals surface area contributed by atoms with Gasteiger partial charge in [-0.1, -0.05) is 13.8 Å². The van der Waals surface area contributed by atoms with E-state index in [0.717, 1.165) is 6.42 Å². The number of carbonyl (C=O) groups is 1. The molecule has 0 aromatic carbocycles. The highest BCUT2D eigenvalue weighted by Crippen LogP contribution is 2.30. The first kappa shape index (κ1) is 21.4. The third-order valence-corrected chi connectivity index (χ3v) is 7.10. The van der Waals surface area contributed by atoms with Crippen LogP contribution in [0.15, 0.2) is 0 Å². The van der Waals surface area contributed by atoms with Crippen molar-refractivity contribution in [2.45, 2.75) is 66.0 Å². The minimum atomic E-state index is -3.55.